The van der Waals surface area contributed by atoms with Gasteiger partial charge in [0.25, 0.3) is 5.69 Å². The van der Waals surface area contributed by atoms with E-state index in [0.717, 1.165) is 25.9 Å². The van der Waals surface area contributed by atoms with E-state index in [1.807, 2.05) is 0 Å². The summed E-state index contributed by atoms with van der Waals surface area (Å²) in [5, 5.41) is 14.4. The Balaban J connectivity index is 1.89. The lowest BCUT2D eigenvalue weighted by atomic mass is 10.1. The highest BCUT2D eigenvalue weighted by atomic mass is 35.5. The van der Waals surface area contributed by atoms with Gasteiger partial charge in [-0.25, -0.2) is 0 Å². The predicted molar refractivity (Wildman–Crippen MR) is 74.8 cm³/mol. The molecule has 0 aliphatic carbocycles. The zero-order valence-electron chi connectivity index (χ0n) is 10.6. The lowest BCUT2D eigenvalue weighted by Gasteiger charge is -2.22. The predicted octanol–water partition coefficient (Wildman–Crippen LogP) is 3.62. The summed E-state index contributed by atoms with van der Waals surface area (Å²) >= 11 is 5.76. The molecule has 1 heterocycles. The second kappa shape index (κ2) is 6.73. The fourth-order valence-electron chi connectivity index (χ4n) is 2.21. The zero-order valence-corrected chi connectivity index (χ0v) is 11.4. The van der Waals surface area contributed by atoms with Crippen LogP contribution in [-0.2, 0) is 4.74 Å². The van der Waals surface area contributed by atoms with Gasteiger partial charge in [-0.3, -0.25) is 10.1 Å². The summed E-state index contributed by atoms with van der Waals surface area (Å²) in [4.78, 5) is 10.5. The van der Waals surface area contributed by atoms with Gasteiger partial charge < -0.3 is 10.1 Å². The molecular formula is C13H17ClN2O3. The largest absolute Gasteiger partial charge is 0.379 e. The molecule has 1 atom stereocenters. The molecule has 1 aliphatic heterocycles. The number of anilines is 1. The zero-order chi connectivity index (χ0) is 13.7. The summed E-state index contributed by atoms with van der Waals surface area (Å²) in [5.74, 6) is 0. The summed E-state index contributed by atoms with van der Waals surface area (Å²) in [5.41, 5.74) is 0.516. The van der Waals surface area contributed by atoms with Crippen LogP contribution in [0.5, 0.6) is 0 Å². The van der Waals surface area contributed by atoms with Crippen molar-refractivity contribution in [2.75, 3.05) is 18.5 Å². The van der Waals surface area contributed by atoms with Crippen molar-refractivity contribution in [3.8, 4) is 0 Å². The number of rotatable bonds is 5. The summed E-state index contributed by atoms with van der Waals surface area (Å²) in [6.45, 7) is 1.49. The average molecular weight is 285 g/mol. The van der Waals surface area contributed by atoms with Crippen LogP contribution >= 0.6 is 11.6 Å². The van der Waals surface area contributed by atoms with Gasteiger partial charge in [-0.05, 0) is 37.8 Å². The Bertz CT molecular complexity index is 448. The SMILES string of the molecule is O=[N+]([O-])c1cc(Cl)ccc1NCCC1CCCCO1. The normalized spacial score (nSPS) is 19.1. The quantitative estimate of drug-likeness (QED) is 0.662. The van der Waals surface area contributed by atoms with E-state index in [-0.39, 0.29) is 11.8 Å². The molecule has 1 N–H and O–H groups in total. The highest BCUT2D eigenvalue weighted by Crippen LogP contribution is 2.27. The van der Waals surface area contributed by atoms with Crippen molar-refractivity contribution >= 4 is 23.0 Å². The monoisotopic (exact) mass is 284 g/mol. The maximum absolute atomic E-state index is 10.9. The smallest absolute Gasteiger partial charge is 0.293 e. The van der Waals surface area contributed by atoms with E-state index in [4.69, 9.17) is 16.3 Å². The van der Waals surface area contributed by atoms with E-state index in [9.17, 15) is 10.1 Å². The number of hydrogen-bond donors (Lipinski definition) is 1. The van der Waals surface area contributed by atoms with Crippen LogP contribution in [0.4, 0.5) is 11.4 Å². The van der Waals surface area contributed by atoms with Gasteiger partial charge in [-0.1, -0.05) is 11.6 Å². The van der Waals surface area contributed by atoms with Crippen molar-refractivity contribution in [2.24, 2.45) is 0 Å². The molecule has 1 fully saturated rings. The second-order valence-corrected chi connectivity index (χ2v) is 5.06. The Morgan fingerprint density at radius 2 is 2.32 bits per heavy atom. The number of nitro benzene ring substituents is 1. The summed E-state index contributed by atoms with van der Waals surface area (Å²) in [6, 6.07) is 4.65. The van der Waals surface area contributed by atoms with Crippen LogP contribution < -0.4 is 5.32 Å². The standard InChI is InChI=1S/C13H17ClN2O3/c14-10-4-5-12(13(9-10)16(17)18)15-7-6-11-3-1-2-8-19-11/h4-5,9,11,15H,1-3,6-8H2. The molecule has 0 spiro atoms. The molecule has 19 heavy (non-hydrogen) atoms. The summed E-state index contributed by atoms with van der Waals surface area (Å²) < 4.78 is 5.62. The van der Waals surface area contributed by atoms with E-state index in [1.54, 1.807) is 12.1 Å². The molecule has 0 aromatic heterocycles. The van der Waals surface area contributed by atoms with Gasteiger partial charge in [0.15, 0.2) is 0 Å². The Morgan fingerprint density at radius 1 is 1.47 bits per heavy atom. The molecule has 0 amide bonds. The fraction of sp³-hybridized carbons (Fsp3) is 0.538. The van der Waals surface area contributed by atoms with Gasteiger partial charge in [-0.15, -0.1) is 0 Å². The lowest BCUT2D eigenvalue weighted by Crippen LogP contribution is -2.22. The van der Waals surface area contributed by atoms with E-state index in [2.05, 4.69) is 5.32 Å². The van der Waals surface area contributed by atoms with Gasteiger partial charge >= 0.3 is 0 Å². The highest BCUT2D eigenvalue weighted by molar-refractivity contribution is 6.30. The minimum atomic E-state index is -0.425. The van der Waals surface area contributed by atoms with E-state index in [0.29, 0.717) is 17.3 Å². The number of benzene rings is 1. The van der Waals surface area contributed by atoms with E-state index >= 15 is 0 Å². The van der Waals surface area contributed by atoms with Crippen LogP contribution in [0.15, 0.2) is 18.2 Å². The summed E-state index contributed by atoms with van der Waals surface area (Å²) in [7, 11) is 0. The first-order valence-corrected chi connectivity index (χ1v) is 6.84. The van der Waals surface area contributed by atoms with Crippen molar-refractivity contribution in [2.45, 2.75) is 31.8 Å². The second-order valence-electron chi connectivity index (χ2n) is 4.62. The molecule has 6 heteroatoms. The molecule has 5 nitrogen and oxygen atoms in total. The van der Waals surface area contributed by atoms with Crippen LogP contribution in [0.3, 0.4) is 0 Å². The van der Waals surface area contributed by atoms with Crippen LogP contribution in [0, 0.1) is 10.1 Å². The van der Waals surface area contributed by atoms with Gasteiger partial charge in [-0.2, -0.15) is 0 Å². The molecule has 1 saturated heterocycles. The van der Waals surface area contributed by atoms with Crippen LogP contribution in [0.2, 0.25) is 5.02 Å². The third kappa shape index (κ3) is 4.08. The van der Waals surface area contributed by atoms with Gasteiger partial charge in [0.1, 0.15) is 5.69 Å². The first kappa shape index (κ1) is 14.1. The van der Waals surface area contributed by atoms with Crippen LogP contribution in [-0.4, -0.2) is 24.2 Å². The van der Waals surface area contributed by atoms with Crippen LogP contribution in [0.25, 0.3) is 0 Å². The molecule has 1 aromatic carbocycles. The fourth-order valence-corrected chi connectivity index (χ4v) is 2.37. The first-order valence-electron chi connectivity index (χ1n) is 6.46. The minimum absolute atomic E-state index is 0.0112. The van der Waals surface area contributed by atoms with Gasteiger partial charge in [0.05, 0.1) is 11.0 Å². The number of nitro groups is 1. The molecule has 1 unspecified atom stereocenters. The average Bonchev–Trinajstić information content (AvgIpc) is 2.41. The molecule has 0 bridgehead atoms. The van der Waals surface area contributed by atoms with Crippen molar-refractivity contribution in [3.05, 3.63) is 33.3 Å². The number of hydrogen-bond acceptors (Lipinski definition) is 4. The number of halogens is 1. The third-order valence-corrected chi connectivity index (χ3v) is 3.45. The topological polar surface area (TPSA) is 64.4 Å². The molecule has 2 rings (SSSR count). The minimum Gasteiger partial charge on any atom is -0.379 e. The highest BCUT2D eigenvalue weighted by Gasteiger charge is 2.16. The van der Waals surface area contributed by atoms with Crippen molar-refractivity contribution in [3.63, 3.8) is 0 Å². The molecule has 1 aliphatic rings. The Hall–Kier alpha value is -1.33. The maximum Gasteiger partial charge on any atom is 0.293 e. The van der Waals surface area contributed by atoms with Crippen molar-refractivity contribution < 1.29 is 9.66 Å². The van der Waals surface area contributed by atoms with Crippen LogP contribution in [0.1, 0.15) is 25.7 Å². The molecule has 1 aromatic rings. The first-order chi connectivity index (χ1) is 9.16. The summed E-state index contributed by atoms with van der Waals surface area (Å²) in [6.07, 6.45) is 4.54. The molecule has 0 saturated carbocycles. The Labute approximate surface area is 117 Å². The molecular weight excluding hydrogens is 268 g/mol. The van der Waals surface area contributed by atoms with Gasteiger partial charge in [0.2, 0.25) is 0 Å². The lowest BCUT2D eigenvalue weighted by molar-refractivity contribution is -0.383. The van der Waals surface area contributed by atoms with Crippen molar-refractivity contribution in [1.82, 2.24) is 0 Å². The third-order valence-electron chi connectivity index (χ3n) is 3.21. The Morgan fingerprint density at radius 3 is 3.00 bits per heavy atom. The molecule has 104 valence electrons. The molecule has 0 radical (unpaired) electrons. The van der Waals surface area contributed by atoms with Gasteiger partial charge in [0, 0.05) is 24.2 Å². The maximum atomic E-state index is 10.9. The number of nitrogens with zero attached hydrogens (tertiary/aromatic N) is 1. The Kier molecular flexibility index (Phi) is 4.99. The van der Waals surface area contributed by atoms with Crippen molar-refractivity contribution in [1.29, 1.82) is 0 Å². The van der Waals surface area contributed by atoms with E-state index < -0.39 is 4.92 Å². The number of nitrogens with one attached hydrogen (secondary N) is 1. The number of ether oxygens (including phenoxy) is 1. The van der Waals surface area contributed by atoms with E-state index in [1.165, 1.54) is 12.5 Å².